The topological polar surface area (TPSA) is 82.4 Å². The standard InChI is InChI=1S/C29H37N5O2/c1-33-20-26(19-31-33)23-8-10-24(11-9-23)27-17-28(27)30-18-22-12-15-34(16-13-22)14-2-3-21-4-6-25(7-5-21)29(35)32-36/h4-11,19-20,22,27-28,30,36H,2-3,12-18H2,1H3,(H,32,35). The molecule has 0 spiro atoms. The van der Waals surface area contributed by atoms with Gasteiger partial charge in [-0.05, 0) is 93.0 Å². The van der Waals surface area contributed by atoms with E-state index >= 15 is 0 Å². The molecular formula is C29H37N5O2. The maximum atomic E-state index is 11.4. The van der Waals surface area contributed by atoms with Crippen molar-refractivity contribution < 1.29 is 10.0 Å². The molecule has 190 valence electrons. The SMILES string of the molecule is Cn1cc(-c2ccc(C3CC3NCC3CCN(CCCc4ccc(C(=O)NO)cc4)CC3)cc2)cn1. The third-order valence-corrected chi connectivity index (χ3v) is 7.80. The van der Waals surface area contributed by atoms with Gasteiger partial charge in [-0.15, -0.1) is 0 Å². The molecule has 2 aromatic carbocycles. The lowest BCUT2D eigenvalue weighted by atomic mass is 9.96. The van der Waals surface area contributed by atoms with Gasteiger partial charge in [0.1, 0.15) is 0 Å². The first kappa shape index (κ1) is 24.7. The first-order chi connectivity index (χ1) is 17.6. The summed E-state index contributed by atoms with van der Waals surface area (Å²) in [5.74, 6) is 0.965. The summed E-state index contributed by atoms with van der Waals surface area (Å²) in [5.41, 5.74) is 7.23. The average molecular weight is 488 g/mol. The molecule has 0 bridgehead atoms. The maximum absolute atomic E-state index is 11.4. The van der Waals surface area contributed by atoms with Crippen molar-refractivity contribution in [1.29, 1.82) is 0 Å². The summed E-state index contributed by atoms with van der Waals surface area (Å²) < 4.78 is 1.85. The van der Waals surface area contributed by atoms with Crippen molar-refractivity contribution in [3.63, 3.8) is 0 Å². The second-order valence-corrected chi connectivity index (χ2v) is 10.4. The number of aromatic nitrogens is 2. The van der Waals surface area contributed by atoms with E-state index in [-0.39, 0.29) is 0 Å². The summed E-state index contributed by atoms with van der Waals surface area (Å²) in [7, 11) is 1.95. The van der Waals surface area contributed by atoms with E-state index in [1.165, 1.54) is 54.6 Å². The largest absolute Gasteiger partial charge is 0.313 e. The van der Waals surface area contributed by atoms with Crippen LogP contribution in [0.1, 0.15) is 53.1 Å². The van der Waals surface area contributed by atoms with Crippen LogP contribution in [0.4, 0.5) is 0 Å². The van der Waals surface area contributed by atoms with E-state index in [1.54, 1.807) is 17.6 Å². The first-order valence-corrected chi connectivity index (χ1v) is 13.2. The first-order valence-electron chi connectivity index (χ1n) is 13.2. The quantitative estimate of drug-likeness (QED) is 0.298. The highest BCUT2D eigenvalue weighted by Gasteiger charge is 2.38. The molecule has 2 heterocycles. The lowest BCUT2D eigenvalue weighted by molar-refractivity contribution is 0.0706. The molecule has 3 N–H and O–H groups in total. The molecule has 0 radical (unpaired) electrons. The van der Waals surface area contributed by atoms with Crippen LogP contribution < -0.4 is 10.8 Å². The molecule has 1 saturated carbocycles. The van der Waals surface area contributed by atoms with Crippen LogP contribution in [0.5, 0.6) is 0 Å². The molecule has 1 aliphatic heterocycles. The normalized spacial score (nSPS) is 20.4. The van der Waals surface area contributed by atoms with Crippen LogP contribution in [-0.2, 0) is 13.5 Å². The predicted molar refractivity (Wildman–Crippen MR) is 141 cm³/mol. The monoisotopic (exact) mass is 487 g/mol. The Balaban J connectivity index is 0.972. The van der Waals surface area contributed by atoms with E-state index in [2.05, 4.69) is 45.8 Å². The number of aryl methyl sites for hydroxylation is 2. The van der Waals surface area contributed by atoms with Crippen molar-refractivity contribution >= 4 is 5.91 Å². The van der Waals surface area contributed by atoms with Gasteiger partial charge in [0.05, 0.1) is 6.20 Å². The number of nitrogens with zero attached hydrogens (tertiary/aromatic N) is 3. The molecule has 7 nitrogen and oxygen atoms in total. The Morgan fingerprint density at radius 3 is 2.47 bits per heavy atom. The van der Waals surface area contributed by atoms with Gasteiger partial charge in [-0.2, -0.15) is 5.10 Å². The van der Waals surface area contributed by atoms with Gasteiger partial charge in [0.2, 0.25) is 0 Å². The number of carbonyl (C=O) groups is 1. The molecule has 2 atom stereocenters. The van der Waals surface area contributed by atoms with Gasteiger partial charge >= 0.3 is 0 Å². The Kier molecular flexibility index (Phi) is 7.80. The highest BCUT2D eigenvalue weighted by Crippen LogP contribution is 2.41. The van der Waals surface area contributed by atoms with Crippen LogP contribution in [0.15, 0.2) is 60.9 Å². The van der Waals surface area contributed by atoms with Crippen LogP contribution >= 0.6 is 0 Å². The average Bonchev–Trinajstić information content (AvgIpc) is 3.57. The van der Waals surface area contributed by atoms with Crippen molar-refractivity contribution in [3.8, 4) is 11.1 Å². The number of benzene rings is 2. The zero-order valence-corrected chi connectivity index (χ0v) is 21.1. The van der Waals surface area contributed by atoms with Crippen LogP contribution in [0.2, 0.25) is 0 Å². The summed E-state index contributed by atoms with van der Waals surface area (Å²) in [6.45, 7) is 4.63. The molecule has 36 heavy (non-hydrogen) atoms. The summed E-state index contributed by atoms with van der Waals surface area (Å²) >= 11 is 0. The van der Waals surface area contributed by atoms with Gasteiger partial charge in [-0.25, -0.2) is 5.48 Å². The summed E-state index contributed by atoms with van der Waals surface area (Å²) in [4.78, 5) is 14.0. The highest BCUT2D eigenvalue weighted by molar-refractivity contribution is 5.93. The molecule has 1 aromatic heterocycles. The van der Waals surface area contributed by atoms with Crippen molar-refractivity contribution in [2.45, 2.75) is 44.1 Å². The number of hydroxylamine groups is 1. The number of hydrogen-bond acceptors (Lipinski definition) is 5. The summed E-state index contributed by atoms with van der Waals surface area (Å²) in [5, 5.41) is 16.8. The molecule has 3 aromatic rings. The van der Waals surface area contributed by atoms with Crippen molar-refractivity contribution in [1.82, 2.24) is 25.5 Å². The molecule has 7 heteroatoms. The predicted octanol–water partition coefficient (Wildman–Crippen LogP) is 4.00. The van der Waals surface area contributed by atoms with E-state index < -0.39 is 5.91 Å². The molecule has 1 saturated heterocycles. The van der Waals surface area contributed by atoms with E-state index in [0.29, 0.717) is 17.5 Å². The smallest absolute Gasteiger partial charge is 0.274 e. The van der Waals surface area contributed by atoms with Gasteiger partial charge in [0, 0.05) is 36.3 Å². The molecule has 2 unspecified atom stereocenters. The lowest BCUT2D eigenvalue weighted by Crippen LogP contribution is -2.38. The number of nitrogens with one attached hydrogen (secondary N) is 2. The van der Waals surface area contributed by atoms with E-state index in [0.717, 1.165) is 31.8 Å². The number of piperidine rings is 1. The van der Waals surface area contributed by atoms with Gasteiger partial charge in [0.25, 0.3) is 5.91 Å². The number of hydrogen-bond donors (Lipinski definition) is 3. The third-order valence-electron chi connectivity index (χ3n) is 7.80. The second kappa shape index (κ2) is 11.4. The molecule has 1 amide bonds. The molecule has 2 aliphatic rings. The van der Waals surface area contributed by atoms with Gasteiger partial charge in [0.15, 0.2) is 0 Å². The number of likely N-dealkylation sites (tertiary alicyclic amines) is 1. The Bertz CT molecular complexity index is 1130. The van der Waals surface area contributed by atoms with Crippen molar-refractivity contribution in [2.24, 2.45) is 13.0 Å². The summed E-state index contributed by atoms with van der Waals surface area (Å²) in [6.07, 6.45) is 9.90. The minimum atomic E-state index is -0.466. The second-order valence-electron chi connectivity index (χ2n) is 10.4. The van der Waals surface area contributed by atoms with Crippen LogP contribution in [0.3, 0.4) is 0 Å². The Morgan fingerprint density at radius 1 is 1.06 bits per heavy atom. The Hall–Kier alpha value is -3.00. The minimum Gasteiger partial charge on any atom is -0.313 e. The van der Waals surface area contributed by atoms with Gasteiger partial charge in [-0.1, -0.05) is 36.4 Å². The fourth-order valence-electron chi connectivity index (χ4n) is 5.41. The fraction of sp³-hybridized carbons (Fsp3) is 0.448. The van der Waals surface area contributed by atoms with Gasteiger partial charge in [-0.3, -0.25) is 14.7 Å². The van der Waals surface area contributed by atoms with Gasteiger partial charge < -0.3 is 10.2 Å². The fourth-order valence-corrected chi connectivity index (χ4v) is 5.41. The zero-order chi connectivity index (χ0) is 24.9. The number of amides is 1. The molecule has 2 fully saturated rings. The van der Waals surface area contributed by atoms with E-state index in [9.17, 15) is 4.79 Å². The Morgan fingerprint density at radius 2 is 1.81 bits per heavy atom. The number of rotatable bonds is 10. The van der Waals surface area contributed by atoms with Crippen molar-refractivity contribution in [3.05, 3.63) is 77.6 Å². The van der Waals surface area contributed by atoms with E-state index in [4.69, 9.17) is 5.21 Å². The molecular weight excluding hydrogens is 450 g/mol. The molecule has 1 aliphatic carbocycles. The minimum absolute atomic E-state index is 0.466. The van der Waals surface area contributed by atoms with Crippen LogP contribution in [-0.4, -0.2) is 58.0 Å². The third kappa shape index (κ3) is 6.22. The van der Waals surface area contributed by atoms with Crippen LogP contribution in [0.25, 0.3) is 11.1 Å². The molecule has 5 rings (SSSR count). The zero-order valence-electron chi connectivity index (χ0n) is 21.1. The highest BCUT2D eigenvalue weighted by atomic mass is 16.5. The van der Waals surface area contributed by atoms with E-state index in [1.807, 2.05) is 30.1 Å². The van der Waals surface area contributed by atoms with Crippen molar-refractivity contribution in [2.75, 3.05) is 26.2 Å². The summed E-state index contributed by atoms with van der Waals surface area (Å²) in [6, 6.07) is 17.1. The maximum Gasteiger partial charge on any atom is 0.274 e. The Labute approximate surface area is 213 Å². The number of carbonyl (C=O) groups excluding carboxylic acids is 1. The van der Waals surface area contributed by atoms with Crippen LogP contribution in [0, 0.1) is 5.92 Å². The lowest BCUT2D eigenvalue weighted by Gasteiger charge is -2.32.